The van der Waals surface area contributed by atoms with Crippen LogP contribution < -0.4 is 5.32 Å². The van der Waals surface area contributed by atoms with Gasteiger partial charge in [-0.1, -0.05) is 11.6 Å². The van der Waals surface area contributed by atoms with Gasteiger partial charge in [0, 0.05) is 12.2 Å². The molecule has 0 radical (unpaired) electrons. The summed E-state index contributed by atoms with van der Waals surface area (Å²) >= 11 is 5.73. The Morgan fingerprint density at radius 1 is 1.35 bits per heavy atom. The van der Waals surface area contributed by atoms with Crippen LogP contribution in [0.5, 0.6) is 0 Å². The molecular formula is C13H12ClF2N3O. The Kier molecular flexibility index (Phi) is 4.04. The Morgan fingerprint density at radius 3 is 2.60 bits per heavy atom. The van der Waals surface area contributed by atoms with Crippen molar-refractivity contribution in [2.45, 2.75) is 19.9 Å². The van der Waals surface area contributed by atoms with E-state index < -0.39 is 17.5 Å². The molecule has 106 valence electrons. The topological polar surface area (TPSA) is 46.9 Å². The molecule has 1 heterocycles. The van der Waals surface area contributed by atoms with Crippen molar-refractivity contribution >= 4 is 23.2 Å². The highest BCUT2D eigenvalue weighted by Gasteiger charge is 2.16. The first kappa shape index (κ1) is 14.5. The van der Waals surface area contributed by atoms with E-state index in [1.165, 1.54) is 6.20 Å². The summed E-state index contributed by atoms with van der Waals surface area (Å²) in [5.41, 5.74) is 0.312. The normalized spacial score (nSPS) is 10.9. The fraction of sp³-hybridized carbons (Fsp3) is 0.231. The number of anilines is 1. The number of halogens is 3. The molecule has 0 spiro atoms. The van der Waals surface area contributed by atoms with E-state index in [0.717, 1.165) is 12.1 Å². The average molecular weight is 300 g/mol. The van der Waals surface area contributed by atoms with E-state index in [1.54, 1.807) is 10.9 Å². The molecule has 2 rings (SSSR count). The number of carbonyl (C=O) groups excluding carboxylic acids is 1. The van der Waals surface area contributed by atoms with E-state index in [-0.39, 0.29) is 16.6 Å². The van der Waals surface area contributed by atoms with Gasteiger partial charge in [0.2, 0.25) is 0 Å². The molecule has 4 nitrogen and oxygen atoms in total. The molecule has 0 aliphatic rings. The van der Waals surface area contributed by atoms with Crippen molar-refractivity contribution in [2.24, 2.45) is 0 Å². The van der Waals surface area contributed by atoms with Crippen molar-refractivity contribution in [3.05, 3.63) is 46.7 Å². The largest absolute Gasteiger partial charge is 0.319 e. The molecule has 0 bridgehead atoms. The fourth-order valence-corrected chi connectivity index (χ4v) is 1.82. The Hall–Kier alpha value is -1.95. The van der Waals surface area contributed by atoms with Gasteiger partial charge < -0.3 is 5.32 Å². The zero-order chi connectivity index (χ0) is 14.9. The van der Waals surface area contributed by atoms with E-state index >= 15 is 0 Å². The van der Waals surface area contributed by atoms with Gasteiger partial charge in [-0.25, -0.2) is 8.78 Å². The quantitative estimate of drug-likeness (QED) is 0.879. The van der Waals surface area contributed by atoms with Crippen LogP contribution in [0.4, 0.5) is 14.5 Å². The van der Waals surface area contributed by atoms with E-state index in [1.807, 2.05) is 13.8 Å². The molecule has 0 aliphatic carbocycles. The van der Waals surface area contributed by atoms with E-state index in [9.17, 15) is 13.6 Å². The Morgan fingerprint density at radius 2 is 2.00 bits per heavy atom. The van der Waals surface area contributed by atoms with Gasteiger partial charge in [0.1, 0.15) is 0 Å². The van der Waals surface area contributed by atoms with Gasteiger partial charge in [0.15, 0.2) is 11.6 Å². The molecule has 1 aromatic carbocycles. The summed E-state index contributed by atoms with van der Waals surface area (Å²) in [7, 11) is 0. The number of aromatic nitrogens is 2. The van der Waals surface area contributed by atoms with Crippen molar-refractivity contribution in [3.63, 3.8) is 0 Å². The number of hydrogen-bond donors (Lipinski definition) is 1. The second kappa shape index (κ2) is 5.58. The Bertz CT molecular complexity index is 655. The minimum Gasteiger partial charge on any atom is -0.319 e. The lowest BCUT2D eigenvalue weighted by molar-refractivity contribution is 0.102. The molecule has 7 heteroatoms. The second-order valence-electron chi connectivity index (χ2n) is 4.50. The van der Waals surface area contributed by atoms with Crippen molar-refractivity contribution < 1.29 is 13.6 Å². The molecule has 0 atom stereocenters. The predicted octanol–water partition coefficient (Wildman–Crippen LogP) is 3.65. The third-order valence-corrected chi connectivity index (χ3v) is 2.96. The minimum absolute atomic E-state index is 0.136. The van der Waals surface area contributed by atoms with Crippen LogP contribution in [0.15, 0.2) is 24.5 Å². The van der Waals surface area contributed by atoms with Gasteiger partial charge in [0.25, 0.3) is 5.91 Å². The lowest BCUT2D eigenvalue weighted by Crippen LogP contribution is -2.13. The highest BCUT2D eigenvalue weighted by molar-refractivity contribution is 6.34. The third kappa shape index (κ3) is 2.96. The number of amides is 1. The molecule has 1 aromatic heterocycles. The number of rotatable bonds is 3. The molecule has 20 heavy (non-hydrogen) atoms. The zero-order valence-corrected chi connectivity index (χ0v) is 11.6. The lowest BCUT2D eigenvalue weighted by Gasteiger charge is -2.06. The van der Waals surface area contributed by atoms with Crippen LogP contribution in [-0.2, 0) is 0 Å². The van der Waals surface area contributed by atoms with E-state index in [0.29, 0.717) is 5.69 Å². The van der Waals surface area contributed by atoms with Gasteiger partial charge >= 0.3 is 0 Å². The molecule has 0 aliphatic heterocycles. The smallest absolute Gasteiger partial charge is 0.257 e. The molecule has 1 amide bonds. The zero-order valence-electron chi connectivity index (χ0n) is 10.8. The fourth-order valence-electron chi connectivity index (χ4n) is 1.58. The first-order valence-electron chi connectivity index (χ1n) is 5.88. The monoisotopic (exact) mass is 299 g/mol. The van der Waals surface area contributed by atoms with Gasteiger partial charge in [-0.2, -0.15) is 5.10 Å². The second-order valence-corrected chi connectivity index (χ2v) is 4.91. The highest BCUT2D eigenvalue weighted by Crippen LogP contribution is 2.21. The maximum absolute atomic E-state index is 13.1. The third-order valence-electron chi connectivity index (χ3n) is 2.64. The number of nitrogens with zero attached hydrogens (tertiary/aromatic N) is 2. The first-order chi connectivity index (χ1) is 9.38. The van der Waals surface area contributed by atoms with Gasteiger partial charge in [-0.05, 0) is 26.0 Å². The summed E-state index contributed by atoms with van der Waals surface area (Å²) in [6.45, 7) is 3.87. The summed E-state index contributed by atoms with van der Waals surface area (Å²) in [5.74, 6) is -2.85. The van der Waals surface area contributed by atoms with Crippen LogP contribution >= 0.6 is 11.6 Å². The van der Waals surface area contributed by atoms with Gasteiger partial charge in [0.05, 0.1) is 22.5 Å². The van der Waals surface area contributed by atoms with Crippen LogP contribution in [0.2, 0.25) is 5.02 Å². The van der Waals surface area contributed by atoms with Gasteiger partial charge in [-0.15, -0.1) is 0 Å². The maximum Gasteiger partial charge on any atom is 0.257 e. The summed E-state index contributed by atoms with van der Waals surface area (Å²) in [6, 6.07) is 1.68. The van der Waals surface area contributed by atoms with Crippen LogP contribution in [-0.4, -0.2) is 15.7 Å². The summed E-state index contributed by atoms with van der Waals surface area (Å²) in [5, 5.41) is 6.42. The predicted molar refractivity (Wildman–Crippen MR) is 71.9 cm³/mol. The number of nitrogens with one attached hydrogen (secondary N) is 1. The van der Waals surface area contributed by atoms with Crippen LogP contribution in [0.3, 0.4) is 0 Å². The van der Waals surface area contributed by atoms with Gasteiger partial charge in [-0.3, -0.25) is 9.48 Å². The van der Waals surface area contributed by atoms with Crippen LogP contribution in [0.1, 0.15) is 30.2 Å². The summed E-state index contributed by atoms with van der Waals surface area (Å²) in [6.07, 6.45) is 3.10. The Balaban J connectivity index is 2.21. The molecule has 1 N–H and O–H groups in total. The van der Waals surface area contributed by atoms with Crippen molar-refractivity contribution in [3.8, 4) is 0 Å². The standard InChI is InChI=1S/C13H12ClF2N3O/c1-7(2)19-6-8(5-17-19)18-13(20)9-3-11(15)12(16)4-10(9)14/h3-7H,1-2H3,(H,18,20). The molecular weight excluding hydrogens is 288 g/mol. The average Bonchev–Trinajstić information content (AvgIpc) is 2.82. The Labute approximate surface area is 119 Å². The summed E-state index contributed by atoms with van der Waals surface area (Å²) in [4.78, 5) is 12.0. The van der Waals surface area contributed by atoms with Crippen LogP contribution in [0.25, 0.3) is 0 Å². The lowest BCUT2D eigenvalue weighted by atomic mass is 10.2. The first-order valence-corrected chi connectivity index (χ1v) is 6.26. The van der Waals surface area contributed by atoms with Crippen molar-refractivity contribution in [1.29, 1.82) is 0 Å². The molecule has 2 aromatic rings. The highest BCUT2D eigenvalue weighted by atomic mass is 35.5. The van der Waals surface area contributed by atoms with Crippen molar-refractivity contribution in [1.82, 2.24) is 9.78 Å². The summed E-state index contributed by atoms with van der Waals surface area (Å²) < 4.78 is 27.7. The molecule has 0 unspecified atom stereocenters. The SMILES string of the molecule is CC(C)n1cc(NC(=O)c2cc(F)c(F)cc2Cl)cn1. The maximum atomic E-state index is 13.1. The number of carbonyl (C=O) groups is 1. The number of hydrogen-bond acceptors (Lipinski definition) is 2. The molecule has 0 fully saturated rings. The minimum atomic E-state index is -1.13. The van der Waals surface area contributed by atoms with Crippen LogP contribution in [0, 0.1) is 11.6 Å². The number of benzene rings is 1. The molecule has 0 saturated carbocycles. The molecule has 0 saturated heterocycles. The van der Waals surface area contributed by atoms with E-state index in [4.69, 9.17) is 11.6 Å². The van der Waals surface area contributed by atoms with Crippen molar-refractivity contribution in [2.75, 3.05) is 5.32 Å². The van der Waals surface area contributed by atoms with E-state index in [2.05, 4.69) is 10.4 Å².